The summed E-state index contributed by atoms with van der Waals surface area (Å²) >= 11 is 5.83. The van der Waals surface area contributed by atoms with Crippen LogP contribution in [-0.4, -0.2) is 32.9 Å². The zero-order valence-corrected chi connectivity index (χ0v) is 18.0. The smallest absolute Gasteiger partial charge is 0.240 e. The molecule has 1 atom stereocenters. The highest BCUT2D eigenvalue weighted by Gasteiger charge is 2.27. The van der Waals surface area contributed by atoms with Gasteiger partial charge in [0.15, 0.2) is 0 Å². The molecule has 1 aliphatic rings. The SMILES string of the molecule is CC(=O)N(CCCC(=O)[O-])c1ccc2c(c1)CC(NS(=O)(=O)c1ccc(Cl)cc1)C2. The first-order chi connectivity index (χ1) is 14.2. The lowest BCUT2D eigenvalue weighted by Gasteiger charge is -2.22. The van der Waals surface area contributed by atoms with Gasteiger partial charge in [-0.2, -0.15) is 0 Å². The van der Waals surface area contributed by atoms with Gasteiger partial charge in [0, 0.05) is 36.2 Å². The minimum atomic E-state index is -3.67. The van der Waals surface area contributed by atoms with Gasteiger partial charge in [0.1, 0.15) is 0 Å². The molecule has 0 aromatic heterocycles. The molecule has 0 saturated carbocycles. The fourth-order valence-corrected chi connectivity index (χ4v) is 4.97. The Hall–Kier alpha value is -2.42. The number of halogens is 1. The summed E-state index contributed by atoms with van der Waals surface area (Å²) in [6.45, 7) is 1.70. The van der Waals surface area contributed by atoms with Gasteiger partial charge in [0.25, 0.3) is 0 Å². The number of carbonyl (C=O) groups is 2. The Kier molecular flexibility index (Phi) is 6.80. The number of hydrogen-bond acceptors (Lipinski definition) is 5. The van der Waals surface area contributed by atoms with Crippen LogP contribution in [0.2, 0.25) is 5.02 Å². The van der Waals surface area contributed by atoms with Crippen molar-refractivity contribution in [1.29, 1.82) is 0 Å². The van der Waals surface area contributed by atoms with E-state index >= 15 is 0 Å². The number of hydrogen-bond donors (Lipinski definition) is 1. The molecule has 0 heterocycles. The monoisotopic (exact) mass is 449 g/mol. The molecule has 0 radical (unpaired) electrons. The van der Waals surface area contributed by atoms with Gasteiger partial charge in [-0.05, 0) is 73.2 Å². The summed E-state index contributed by atoms with van der Waals surface area (Å²) in [5.74, 6) is -1.34. The number of fused-ring (bicyclic) bond motifs is 1. The van der Waals surface area contributed by atoms with E-state index in [1.807, 2.05) is 12.1 Å². The fourth-order valence-electron chi connectivity index (χ4n) is 3.61. The van der Waals surface area contributed by atoms with Crippen LogP contribution in [-0.2, 0) is 32.5 Å². The topological polar surface area (TPSA) is 107 Å². The number of rotatable bonds is 8. The fraction of sp³-hybridized carbons (Fsp3) is 0.333. The quantitative estimate of drug-likeness (QED) is 0.659. The second-order valence-corrected chi connectivity index (χ2v) is 9.43. The molecule has 1 aliphatic carbocycles. The summed E-state index contributed by atoms with van der Waals surface area (Å²) in [6.07, 6.45) is 1.22. The van der Waals surface area contributed by atoms with Gasteiger partial charge >= 0.3 is 0 Å². The molecule has 7 nitrogen and oxygen atoms in total. The molecule has 1 unspecified atom stereocenters. The molecule has 0 saturated heterocycles. The lowest BCUT2D eigenvalue weighted by atomic mass is 10.1. The third-order valence-electron chi connectivity index (χ3n) is 5.02. The predicted molar refractivity (Wildman–Crippen MR) is 112 cm³/mol. The molecule has 0 bridgehead atoms. The molecule has 160 valence electrons. The van der Waals surface area contributed by atoms with Gasteiger partial charge in [-0.3, -0.25) is 4.79 Å². The lowest BCUT2D eigenvalue weighted by molar-refractivity contribution is -0.305. The maximum Gasteiger partial charge on any atom is 0.240 e. The average Bonchev–Trinajstić information content (AvgIpc) is 3.05. The van der Waals surface area contributed by atoms with Crippen LogP contribution >= 0.6 is 11.6 Å². The Balaban J connectivity index is 1.71. The number of benzene rings is 2. The number of nitrogens with zero attached hydrogens (tertiary/aromatic N) is 1. The maximum absolute atomic E-state index is 12.6. The average molecular weight is 450 g/mol. The third kappa shape index (κ3) is 5.38. The van der Waals surface area contributed by atoms with Crippen LogP contribution in [0.15, 0.2) is 47.4 Å². The number of carboxylic acids is 1. The van der Waals surface area contributed by atoms with Crippen LogP contribution in [0.5, 0.6) is 0 Å². The Bertz CT molecular complexity index is 1050. The molecule has 3 rings (SSSR count). The Morgan fingerprint density at radius 2 is 1.80 bits per heavy atom. The Labute approximate surface area is 180 Å². The van der Waals surface area contributed by atoms with Crippen molar-refractivity contribution >= 4 is 39.2 Å². The van der Waals surface area contributed by atoms with Gasteiger partial charge in [-0.1, -0.05) is 17.7 Å². The summed E-state index contributed by atoms with van der Waals surface area (Å²) in [5.41, 5.74) is 2.64. The number of sulfonamides is 1. The Morgan fingerprint density at radius 3 is 2.43 bits per heavy atom. The van der Waals surface area contributed by atoms with Crippen molar-refractivity contribution < 1.29 is 23.1 Å². The first kappa shape index (κ1) is 22.3. The van der Waals surface area contributed by atoms with Crippen LogP contribution < -0.4 is 14.7 Å². The van der Waals surface area contributed by atoms with E-state index in [0.717, 1.165) is 11.1 Å². The molecular weight excluding hydrogens is 428 g/mol. The lowest BCUT2D eigenvalue weighted by Crippen LogP contribution is -2.35. The molecule has 1 N–H and O–H groups in total. The summed E-state index contributed by atoms with van der Waals surface area (Å²) in [7, 11) is -3.67. The van der Waals surface area contributed by atoms with Gasteiger partial charge in [-0.15, -0.1) is 0 Å². The molecule has 2 aromatic rings. The zero-order valence-electron chi connectivity index (χ0n) is 16.4. The number of carboxylic acid groups (broad SMARTS) is 1. The largest absolute Gasteiger partial charge is 0.550 e. The van der Waals surface area contributed by atoms with Crippen LogP contribution in [0.3, 0.4) is 0 Å². The van der Waals surface area contributed by atoms with Crippen molar-refractivity contribution in [2.75, 3.05) is 11.4 Å². The first-order valence-corrected chi connectivity index (χ1v) is 11.4. The highest BCUT2D eigenvalue weighted by atomic mass is 35.5. The van der Waals surface area contributed by atoms with Crippen molar-refractivity contribution in [3.8, 4) is 0 Å². The summed E-state index contributed by atoms with van der Waals surface area (Å²) in [6, 6.07) is 11.2. The zero-order chi connectivity index (χ0) is 21.9. The second-order valence-electron chi connectivity index (χ2n) is 7.28. The van der Waals surface area contributed by atoms with Crippen molar-refractivity contribution in [3.05, 3.63) is 58.6 Å². The molecule has 9 heteroatoms. The molecule has 1 amide bonds. The van der Waals surface area contributed by atoms with Crippen molar-refractivity contribution in [2.24, 2.45) is 0 Å². The van der Waals surface area contributed by atoms with Crippen LogP contribution in [0.4, 0.5) is 5.69 Å². The van der Waals surface area contributed by atoms with Gasteiger partial charge in [0.05, 0.1) is 4.90 Å². The molecule has 0 aliphatic heterocycles. The van der Waals surface area contributed by atoms with E-state index in [4.69, 9.17) is 11.6 Å². The highest BCUT2D eigenvalue weighted by molar-refractivity contribution is 7.89. The predicted octanol–water partition coefficient (Wildman–Crippen LogP) is 1.67. The minimum absolute atomic E-state index is 0.122. The normalized spacial score (nSPS) is 15.6. The van der Waals surface area contributed by atoms with E-state index in [0.29, 0.717) is 30.0 Å². The minimum Gasteiger partial charge on any atom is -0.550 e. The summed E-state index contributed by atoms with van der Waals surface area (Å²) in [4.78, 5) is 24.3. The second kappa shape index (κ2) is 9.16. The molecule has 0 spiro atoms. The van der Waals surface area contributed by atoms with E-state index < -0.39 is 16.0 Å². The summed E-state index contributed by atoms with van der Waals surface area (Å²) < 4.78 is 28.0. The molecule has 2 aromatic carbocycles. The van der Waals surface area contributed by atoms with E-state index in [-0.39, 0.29) is 29.8 Å². The maximum atomic E-state index is 12.6. The number of aliphatic carboxylic acids is 1. The van der Waals surface area contributed by atoms with Gasteiger partial charge in [-0.25, -0.2) is 13.1 Å². The van der Waals surface area contributed by atoms with Crippen molar-refractivity contribution in [3.63, 3.8) is 0 Å². The highest BCUT2D eigenvalue weighted by Crippen LogP contribution is 2.28. The van der Waals surface area contributed by atoms with E-state index in [1.54, 1.807) is 6.07 Å². The number of anilines is 1. The van der Waals surface area contributed by atoms with Gasteiger partial charge in [0.2, 0.25) is 15.9 Å². The van der Waals surface area contributed by atoms with Crippen LogP contribution in [0.25, 0.3) is 0 Å². The van der Waals surface area contributed by atoms with Crippen LogP contribution in [0, 0.1) is 0 Å². The van der Waals surface area contributed by atoms with Gasteiger partial charge < -0.3 is 14.8 Å². The summed E-state index contributed by atoms with van der Waals surface area (Å²) in [5, 5.41) is 11.1. The number of carbonyl (C=O) groups excluding carboxylic acids is 2. The first-order valence-electron chi connectivity index (χ1n) is 9.53. The van der Waals surface area contributed by atoms with Crippen molar-refractivity contribution in [1.82, 2.24) is 4.72 Å². The standard InChI is InChI=1S/C21H23ClN2O5S/c1-14(25)24(10-2-3-21(26)27)19-7-4-15-11-18(12-16(15)13-19)23-30(28,29)20-8-5-17(22)6-9-20/h4-9,13,18,23H,2-3,10-12H2,1H3,(H,26,27)/p-1. The molecular formula is C21H22ClN2O5S-. The van der Waals surface area contributed by atoms with E-state index in [9.17, 15) is 23.1 Å². The van der Waals surface area contributed by atoms with E-state index in [1.165, 1.54) is 36.1 Å². The number of nitrogens with one attached hydrogen (secondary N) is 1. The number of amides is 1. The molecule has 0 fully saturated rings. The molecule has 30 heavy (non-hydrogen) atoms. The third-order valence-corrected chi connectivity index (χ3v) is 6.81. The van der Waals surface area contributed by atoms with E-state index in [2.05, 4.69) is 4.72 Å². The van der Waals surface area contributed by atoms with Crippen molar-refractivity contribution in [2.45, 2.75) is 43.5 Å². The van der Waals surface area contributed by atoms with Crippen LogP contribution in [0.1, 0.15) is 30.9 Å². The Morgan fingerprint density at radius 1 is 1.13 bits per heavy atom.